The number of hydrogen-bond acceptors (Lipinski definition) is 5. The molecule has 0 unspecified atom stereocenters. The van der Waals surface area contributed by atoms with E-state index in [1.54, 1.807) is 0 Å². The minimum Gasteiger partial charge on any atom is -0.476 e. The van der Waals surface area contributed by atoms with Crippen LogP contribution in [-0.4, -0.2) is 45.8 Å². The van der Waals surface area contributed by atoms with Crippen LogP contribution in [0, 0.1) is 5.92 Å². The van der Waals surface area contributed by atoms with E-state index in [4.69, 9.17) is 10.2 Å². The van der Waals surface area contributed by atoms with Crippen LogP contribution in [0.2, 0.25) is 0 Å². The summed E-state index contributed by atoms with van der Waals surface area (Å²) in [5, 5.41) is 18.1. The SMILES string of the molecule is O=C(O)c1nccnc1N1CCC(CO)CC1. The van der Waals surface area contributed by atoms with Crippen LogP contribution in [0.5, 0.6) is 0 Å². The Morgan fingerprint density at radius 1 is 1.35 bits per heavy atom. The Kier molecular flexibility index (Phi) is 3.53. The van der Waals surface area contributed by atoms with Gasteiger partial charge in [0, 0.05) is 32.1 Å². The number of aliphatic hydroxyl groups is 1. The fraction of sp³-hybridized carbons (Fsp3) is 0.545. The van der Waals surface area contributed by atoms with Crippen LogP contribution in [0.1, 0.15) is 23.3 Å². The fourth-order valence-electron chi connectivity index (χ4n) is 2.04. The Bertz CT molecular complexity index is 403. The summed E-state index contributed by atoms with van der Waals surface area (Å²) in [6.45, 7) is 1.62. The number of carbonyl (C=O) groups is 1. The van der Waals surface area contributed by atoms with Crippen LogP contribution in [0.4, 0.5) is 5.82 Å². The number of rotatable bonds is 3. The van der Waals surface area contributed by atoms with Crippen LogP contribution in [0.3, 0.4) is 0 Å². The van der Waals surface area contributed by atoms with E-state index in [-0.39, 0.29) is 12.3 Å². The first-order valence-electron chi connectivity index (χ1n) is 5.62. The fourth-order valence-corrected chi connectivity index (χ4v) is 2.04. The molecular weight excluding hydrogens is 222 g/mol. The quantitative estimate of drug-likeness (QED) is 0.790. The van der Waals surface area contributed by atoms with Gasteiger partial charge in [0.25, 0.3) is 0 Å². The van der Waals surface area contributed by atoms with E-state index in [9.17, 15) is 4.79 Å². The summed E-state index contributed by atoms with van der Waals surface area (Å²) in [5.41, 5.74) is -0.00468. The van der Waals surface area contributed by atoms with Crippen molar-refractivity contribution in [2.75, 3.05) is 24.6 Å². The van der Waals surface area contributed by atoms with Crippen LogP contribution in [-0.2, 0) is 0 Å². The van der Waals surface area contributed by atoms with E-state index in [2.05, 4.69) is 9.97 Å². The highest BCUT2D eigenvalue weighted by molar-refractivity contribution is 5.90. The molecule has 1 aromatic heterocycles. The third kappa shape index (κ3) is 2.52. The summed E-state index contributed by atoms with van der Waals surface area (Å²) in [6.07, 6.45) is 4.59. The lowest BCUT2D eigenvalue weighted by atomic mass is 9.98. The van der Waals surface area contributed by atoms with Gasteiger partial charge in [0.1, 0.15) is 0 Å². The minimum absolute atomic E-state index is 0.00468. The maximum atomic E-state index is 11.0. The second kappa shape index (κ2) is 5.09. The number of nitrogens with zero attached hydrogens (tertiary/aromatic N) is 3. The van der Waals surface area contributed by atoms with Crippen molar-refractivity contribution in [3.8, 4) is 0 Å². The first-order valence-corrected chi connectivity index (χ1v) is 5.62. The molecule has 1 saturated heterocycles. The number of hydrogen-bond donors (Lipinski definition) is 2. The Morgan fingerprint density at radius 3 is 2.59 bits per heavy atom. The van der Waals surface area contributed by atoms with Crippen LogP contribution >= 0.6 is 0 Å². The largest absolute Gasteiger partial charge is 0.476 e. The van der Waals surface area contributed by atoms with Crippen LogP contribution in [0.15, 0.2) is 12.4 Å². The minimum atomic E-state index is -1.06. The van der Waals surface area contributed by atoms with Gasteiger partial charge in [-0.15, -0.1) is 0 Å². The molecule has 2 N–H and O–H groups in total. The van der Waals surface area contributed by atoms with Gasteiger partial charge in [0.2, 0.25) is 0 Å². The third-order valence-electron chi connectivity index (χ3n) is 3.05. The molecule has 0 aliphatic carbocycles. The predicted molar refractivity (Wildman–Crippen MR) is 61.0 cm³/mol. The molecule has 0 bridgehead atoms. The summed E-state index contributed by atoms with van der Waals surface area (Å²) in [6, 6.07) is 0. The molecule has 92 valence electrons. The number of carboxylic acids is 1. The average Bonchev–Trinajstić information content (AvgIpc) is 2.39. The van der Waals surface area contributed by atoms with Crippen molar-refractivity contribution in [3.05, 3.63) is 18.1 Å². The smallest absolute Gasteiger partial charge is 0.358 e. The maximum absolute atomic E-state index is 11.0. The van der Waals surface area contributed by atoms with E-state index >= 15 is 0 Å². The van der Waals surface area contributed by atoms with Gasteiger partial charge in [-0.3, -0.25) is 0 Å². The maximum Gasteiger partial charge on any atom is 0.358 e. The molecule has 2 heterocycles. The van der Waals surface area contributed by atoms with Crippen molar-refractivity contribution in [1.29, 1.82) is 0 Å². The predicted octanol–water partition coefficient (Wildman–Crippen LogP) is 0.384. The number of carboxylic acid groups (broad SMARTS) is 1. The normalized spacial score (nSPS) is 17.1. The van der Waals surface area contributed by atoms with Crippen molar-refractivity contribution >= 4 is 11.8 Å². The Hall–Kier alpha value is -1.69. The lowest BCUT2D eigenvalue weighted by Gasteiger charge is -2.32. The highest BCUT2D eigenvalue weighted by atomic mass is 16.4. The first kappa shape index (κ1) is 11.8. The van der Waals surface area contributed by atoms with Gasteiger partial charge in [-0.25, -0.2) is 14.8 Å². The van der Waals surface area contributed by atoms with Crippen molar-refractivity contribution in [2.45, 2.75) is 12.8 Å². The number of anilines is 1. The molecule has 1 aliphatic rings. The highest BCUT2D eigenvalue weighted by Gasteiger charge is 2.23. The topological polar surface area (TPSA) is 86.5 Å². The number of piperidine rings is 1. The molecule has 17 heavy (non-hydrogen) atoms. The summed E-state index contributed by atoms with van der Waals surface area (Å²) in [5.74, 6) is -0.315. The zero-order valence-electron chi connectivity index (χ0n) is 9.41. The molecule has 1 fully saturated rings. The Balaban J connectivity index is 2.15. The van der Waals surface area contributed by atoms with Gasteiger partial charge in [0.05, 0.1) is 0 Å². The lowest BCUT2D eigenvalue weighted by Crippen LogP contribution is -2.36. The van der Waals surface area contributed by atoms with E-state index in [1.807, 2.05) is 4.90 Å². The summed E-state index contributed by atoms with van der Waals surface area (Å²) in [7, 11) is 0. The van der Waals surface area contributed by atoms with Crippen molar-refractivity contribution in [3.63, 3.8) is 0 Å². The number of aromatic carboxylic acids is 1. The zero-order valence-corrected chi connectivity index (χ0v) is 9.41. The van der Waals surface area contributed by atoms with Crippen LogP contribution in [0.25, 0.3) is 0 Å². The zero-order chi connectivity index (χ0) is 12.3. The number of aliphatic hydroxyl groups excluding tert-OH is 1. The molecule has 6 heteroatoms. The van der Waals surface area contributed by atoms with Gasteiger partial charge < -0.3 is 15.1 Å². The molecule has 6 nitrogen and oxygen atoms in total. The molecule has 1 aromatic rings. The molecule has 1 aliphatic heterocycles. The second-order valence-corrected chi connectivity index (χ2v) is 4.15. The monoisotopic (exact) mass is 237 g/mol. The molecule has 0 radical (unpaired) electrons. The second-order valence-electron chi connectivity index (χ2n) is 4.15. The molecule has 0 aromatic carbocycles. The highest BCUT2D eigenvalue weighted by Crippen LogP contribution is 2.23. The average molecular weight is 237 g/mol. The Labute approximate surface area is 98.9 Å². The molecule has 0 spiro atoms. The molecule has 0 saturated carbocycles. The van der Waals surface area contributed by atoms with Crippen molar-refractivity contribution in [1.82, 2.24) is 9.97 Å². The van der Waals surface area contributed by atoms with Crippen LogP contribution < -0.4 is 4.90 Å². The number of aromatic nitrogens is 2. The van der Waals surface area contributed by atoms with E-state index in [0.29, 0.717) is 24.8 Å². The third-order valence-corrected chi connectivity index (χ3v) is 3.05. The molecule has 0 atom stereocenters. The summed E-state index contributed by atoms with van der Waals surface area (Å²) >= 11 is 0. The van der Waals surface area contributed by atoms with Gasteiger partial charge in [0.15, 0.2) is 11.5 Å². The van der Waals surface area contributed by atoms with E-state index in [1.165, 1.54) is 12.4 Å². The van der Waals surface area contributed by atoms with Crippen molar-refractivity contribution in [2.24, 2.45) is 5.92 Å². The summed E-state index contributed by atoms with van der Waals surface area (Å²) < 4.78 is 0. The molecule has 0 amide bonds. The molecule has 2 rings (SSSR count). The van der Waals surface area contributed by atoms with E-state index < -0.39 is 5.97 Å². The van der Waals surface area contributed by atoms with E-state index in [0.717, 1.165) is 12.8 Å². The van der Waals surface area contributed by atoms with Gasteiger partial charge in [-0.1, -0.05) is 0 Å². The van der Waals surface area contributed by atoms with Gasteiger partial charge in [-0.2, -0.15) is 0 Å². The summed E-state index contributed by atoms with van der Waals surface area (Å²) in [4.78, 5) is 20.9. The Morgan fingerprint density at radius 2 is 2.00 bits per heavy atom. The van der Waals surface area contributed by atoms with Crippen molar-refractivity contribution < 1.29 is 15.0 Å². The van der Waals surface area contributed by atoms with Gasteiger partial charge >= 0.3 is 5.97 Å². The van der Waals surface area contributed by atoms with Gasteiger partial charge in [-0.05, 0) is 18.8 Å². The standard InChI is InChI=1S/C11H15N3O3/c15-7-8-1-5-14(6-2-8)10-9(11(16)17)12-3-4-13-10/h3-4,8,15H,1-2,5-7H2,(H,16,17). The lowest BCUT2D eigenvalue weighted by molar-refractivity contribution is 0.0690. The molecular formula is C11H15N3O3. The first-order chi connectivity index (χ1) is 8.22.